The van der Waals surface area contributed by atoms with E-state index < -0.39 is 12.2 Å². The molecule has 1 aromatic heterocycles. The molecule has 1 aliphatic heterocycles. The van der Waals surface area contributed by atoms with Crippen LogP contribution in [-0.4, -0.2) is 50.6 Å². The van der Waals surface area contributed by atoms with Gasteiger partial charge in [0.15, 0.2) is 0 Å². The van der Waals surface area contributed by atoms with Gasteiger partial charge in [-0.3, -0.25) is 15.1 Å². The molecular weight excluding hydrogens is 402 g/mol. The molecule has 4 N–H and O–H groups in total. The number of rotatable bonds is 9. The smallest absolute Gasteiger partial charge is 0.414 e. The Bertz CT molecular complexity index is 842. The molecule has 8 nitrogen and oxygen atoms in total. The van der Waals surface area contributed by atoms with Crippen molar-refractivity contribution in [3.63, 3.8) is 0 Å². The van der Waals surface area contributed by atoms with Crippen LogP contribution in [0.2, 0.25) is 4.34 Å². The van der Waals surface area contributed by atoms with Crippen molar-refractivity contribution >= 4 is 52.7 Å². The Balaban J connectivity index is 1.49. The van der Waals surface area contributed by atoms with Crippen molar-refractivity contribution in [3.8, 4) is 0 Å². The van der Waals surface area contributed by atoms with Gasteiger partial charge in [0.25, 0.3) is 5.91 Å². The number of hydrogen-bond donors (Lipinski definition) is 4. The van der Waals surface area contributed by atoms with Crippen molar-refractivity contribution in [3.05, 3.63) is 45.6 Å². The summed E-state index contributed by atoms with van der Waals surface area (Å²) in [6, 6.07) is 10.8. The van der Waals surface area contributed by atoms with E-state index in [2.05, 4.69) is 16.0 Å². The van der Waals surface area contributed by atoms with Gasteiger partial charge in [0, 0.05) is 24.5 Å². The van der Waals surface area contributed by atoms with Gasteiger partial charge in [0.2, 0.25) is 0 Å². The van der Waals surface area contributed by atoms with Crippen molar-refractivity contribution in [1.29, 1.82) is 5.41 Å². The fourth-order valence-corrected chi connectivity index (χ4v) is 3.64. The van der Waals surface area contributed by atoms with Gasteiger partial charge in [0.05, 0.1) is 28.6 Å². The third-order valence-corrected chi connectivity index (χ3v) is 5.27. The van der Waals surface area contributed by atoms with Crippen molar-refractivity contribution < 1.29 is 14.3 Å². The molecule has 1 atom stereocenters. The van der Waals surface area contributed by atoms with Crippen LogP contribution in [-0.2, 0) is 4.74 Å². The normalized spacial score (nSPS) is 15.8. The molecule has 1 fully saturated rings. The topological polar surface area (TPSA) is 107 Å². The van der Waals surface area contributed by atoms with Crippen LogP contribution in [0.1, 0.15) is 9.67 Å². The zero-order chi connectivity index (χ0) is 19.9. The van der Waals surface area contributed by atoms with Gasteiger partial charge in [-0.15, -0.1) is 11.3 Å². The molecule has 0 radical (unpaired) electrons. The van der Waals surface area contributed by atoms with E-state index in [0.717, 1.165) is 17.7 Å². The van der Waals surface area contributed by atoms with Crippen molar-refractivity contribution in [2.24, 2.45) is 0 Å². The van der Waals surface area contributed by atoms with Crippen molar-refractivity contribution in [1.82, 2.24) is 10.6 Å². The van der Waals surface area contributed by atoms with Crippen LogP contribution in [0.5, 0.6) is 0 Å². The molecule has 148 valence electrons. The maximum Gasteiger partial charge on any atom is 0.414 e. The minimum atomic E-state index is -0.436. The zero-order valence-electron chi connectivity index (χ0n) is 14.9. The second-order valence-corrected chi connectivity index (χ2v) is 7.72. The number of anilines is 2. The van der Waals surface area contributed by atoms with E-state index in [1.165, 1.54) is 11.3 Å². The van der Waals surface area contributed by atoms with Gasteiger partial charge >= 0.3 is 6.09 Å². The van der Waals surface area contributed by atoms with Crippen molar-refractivity contribution in [2.75, 3.05) is 36.4 Å². The summed E-state index contributed by atoms with van der Waals surface area (Å²) in [5.41, 5.74) is 1.65. The van der Waals surface area contributed by atoms with Crippen LogP contribution in [0, 0.1) is 5.41 Å². The average Bonchev–Trinajstić information content (AvgIpc) is 3.29. The number of hydrogen-bond acceptors (Lipinski definition) is 6. The number of nitrogens with one attached hydrogen (secondary N) is 4. The van der Waals surface area contributed by atoms with Crippen LogP contribution in [0.3, 0.4) is 0 Å². The minimum Gasteiger partial charge on any atom is -0.442 e. The lowest BCUT2D eigenvalue weighted by molar-refractivity contribution is 0.0920. The van der Waals surface area contributed by atoms with E-state index in [1.54, 1.807) is 17.0 Å². The highest BCUT2D eigenvalue weighted by Crippen LogP contribution is 2.24. The summed E-state index contributed by atoms with van der Waals surface area (Å²) in [4.78, 5) is 26.3. The van der Waals surface area contributed by atoms with Gasteiger partial charge in [0.1, 0.15) is 6.10 Å². The maximum absolute atomic E-state index is 12.2. The second kappa shape index (κ2) is 9.43. The number of halogens is 1. The predicted octanol–water partition coefficient (Wildman–Crippen LogP) is 2.77. The lowest BCUT2D eigenvalue weighted by Crippen LogP contribution is -2.34. The predicted molar refractivity (Wildman–Crippen MR) is 111 cm³/mol. The zero-order valence-corrected chi connectivity index (χ0v) is 16.5. The summed E-state index contributed by atoms with van der Waals surface area (Å²) in [5.74, 6) is -0.237. The number of nitrogens with zero attached hydrogens (tertiary/aromatic N) is 1. The second-order valence-electron chi connectivity index (χ2n) is 6.00. The SMILES string of the molecule is N=CNCCNc1ccc(N2C[C@H](CNC(=O)c3ccc(Cl)s3)OC2=O)cc1. The Hall–Kier alpha value is -2.78. The number of ether oxygens (including phenoxy) is 1. The fraction of sp³-hybridized carbons (Fsp3) is 0.278. The first-order valence-electron chi connectivity index (χ1n) is 8.65. The number of benzene rings is 1. The average molecular weight is 422 g/mol. The molecule has 1 aliphatic rings. The van der Waals surface area contributed by atoms with Gasteiger partial charge in [-0.05, 0) is 36.4 Å². The number of amides is 2. The monoisotopic (exact) mass is 421 g/mol. The van der Waals surface area contributed by atoms with Crippen LogP contribution in [0.4, 0.5) is 16.2 Å². The van der Waals surface area contributed by atoms with Gasteiger partial charge < -0.3 is 20.7 Å². The quantitative estimate of drug-likeness (QED) is 0.283. The van der Waals surface area contributed by atoms with E-state index in [4.69, 9.17) is 21.7 Å². The summed E-state index contributed by atoms with van der Waals surface area (Å²) < 4.78 is 5.90. The highest BCUT2D eigenvalue weighted by molar-refractivity contribution is 7.17. The Morgan fingerprint density at radius 1 is 1.29 bits per heavy atom. The summed E-state index contributed by atoms with van der Waals surface area (Å²) in [7, 11) is 0. The molecule has 0 unspecified atom stereocenters. The largest absolute Gasteiger partial charge is 0.442 e. The molecule has 2 amide bonds. The third-order valence-electron chi connectivity index (χ3n) is 4.04. The Labute approximate surface area is 171 Å². The summed E-state index contributed by atoms with van der Waals surface area (Å²) >= 11 is 7.04. The molecule has 0 saturated carbocycles. The molecular formula is C18H20ClN5O3S. The molecule has 1 saturated heterocycles. The molecule has 1 aromatic carbocycles. The maximum atomic E-state index is 12.2. The van der Waals surface area contributed by atoms with Crippen LogP contribution < -0.4 is 20.9 Å². The molecule has 0 bridgehead atoms. The van der Waals surface area contributed by atoms with E-state index >= 15 is 0 Å². The van der Waals surface area contributed by atoms with E-state index in [-0.39, 0.29) is 12.5 Å². The van der Waals surface area contributed by atoms with Gasteiger partial charge in [-0.25, -0.2) is 4.79 Å². The summed E-state index contributed by atoms with van der Waals surface area (Å²) in [6.07, 6.45) is 0.296. The summed E-state index contributed by atoms with van der Waals surface area (Å²) in [6.45, 7) is 1.92. The number of carbonyl (C=O) groups is 2. The Morgan fingerprint density at radius 2 is 2.07 bits per heavy atom. The fourth-order valence-electron chi connectivity index (χ4n) is 2.68. The Kier molecular flexibility index (Phi) is 6.72. The van der Waals surface area contributed by atoms with Crippen LogP contribution in [0.15, 0.2) is 36.4 Å². The number of carbonyl (C=O) groups excluding carboxylic acids is 2. The first kappa shape index (κ1) is 20.0. The van der Waals surface area contributed by atoms with E-state index in [0.29, 0.717) is 28.8 Å². The molecule has 0 aliphatic carbocycles. The highest BCUT2D eigenvalue weighted by atomic mass is 35.5. The highest BCUT2D eigenvalue weighted by Gasteiger charge is 2.32. The number of thiophene rings is 1. The molecule has 10 heteroatoms. The standard InChI is InChI=1S/C18H20ClN5O3S/c19-16-6-5-15(28-16)17(25)23-9-14-10-24(18(26)27-14)13-3-1-12(2-4-13)22-8-7-21-11-20/h1-6,11,14,22H,7-10H2,(H2,20,21)(H,23,25)/t14-/m0/s1. The first-order chi connectivity index (χ1) is 13.6. The third kappa shape index (κ3) is 5.14. The molecule has 2 heterocycles. The van der Waals surface area contributed by atoms with Gasteiger partial charge in [-0.2, -0.15) is 0 Å². The van der Waals surface area contributed by atoms with Crippen LogP contribution in [0.25, 0.3) is 0 Å². The van der Waals surface area contributed by atoms with Crippen LogP contribution >= 0.6 is 22.9 Å². The van der Waals surface area contributed by atoms with Gasteiger partial charge in [-0.1, -0.05) is 11.6 Å². The first-order valence-corrected chi connectivity index (χ1v) is 9.84. The minimum absolute atomic E-state index is 0.232. The van der Waals surface area contributed by atoms with E-state index in [1.807, 2.05) is 24.3 Å². The molecule has 3 rings (SSSR count). The lowest BCUT2D eigenvalue weighted by atomic mass is 10.2. The molecule has 2 aromatic rings. The molecule has 0 spiro atoms. The van der Waals surface area contributed by atoms with Crippen molar-refractivity contribution in [2.45, 2.75) is 6.10 Å². The van der Waals surface area contributed by atoms with E-state index in [9.17, 15) is 9.59 Å². The lowest BCUT2D eigenvalue weighted by Gasteiger charge is -2.14. The number of cyclic esters (lactones) is 1. The Morgan fingerprint density at radius 3 is 2.75 bits per heavy atom. The molecule has 28 heavy (non-hydrogen) atoms. The summed E-state index contributed by atoms with van der Waals surface area (Å²) in [5, 5.41) is 15.7.